The van der Waals surface area contributed by atoms with Gasteiger partial charge in [0.05, 0.1) is 7.11 Å². The quantitative estimate of drug-likeness (QED) is 0.475. The van der Waals surface area contributed by atoms with Crippen molar-refractivity contribution in [3.63, 3.8) is 0 Å². The van der Waals surface area contributed by atoms with E-state index in [4.69, 9.17) is 9.47 Å². The van der Waals surface area contributed by atoms with Crippen LogP contribution in [0.4, 0.5) is 0 Å². The lowest BCUT2D eigenvalue weighted by Crippen LogP contribution is -2.42. The van der Waals surface area contributed by atoms with E-state index in [9.17, 15) is 9.59 Å². The lowest BCUT2D eigenvalue weighted by atomic mass is 9.78. The zero-order chi connectivity index (χ0) is 28.6. The number of hydrogen-bond acceptors (Lipinski definition) is 6. The van der Waals surface area contributed by atoms with Crippen molar-refractivity contribution in [2.75, 3.05) is 60.0 Å². The number of aromatic amines is 1. The number of fused-ring (bicyclic) bond motifs is 2. The number of nitrogens with one attached hydrogen (secondary N) is 1. The summed E-state index contributed by atoms with van der Waals surface area (Å²) >= 11 is 0. The summed E-state index contributed by atoms with van der Waals surface area (Å²) in [6.07, 6.45) is 6.55. The van der Waals surface area contributed by atoms with Gasteiger partial charge in [-0.05, 0) is 81.4 Å². The van der Waals surface area contributed by atoms with Crippen LogP contribution in [0.25, 0.3) is 10.9 Å². The molecule has 1 saturated carbocycles. The number of ether oxygens (including phenoxy) is 2. The van der Waals surface area contributed by atoms with Gasteiger partial charge in [0, 0.05) is 59.4 Å². The van der Waals surface area contributed by atoms with Crippen LogP contribution in [0.5, 0.6) is 11.5 Å². The van der Waals surface area contributed by atoms with E-state index < -0.39 is 0 Å². The number of likely N-dealkylation sites (tertiary alicyclic amines) is 3. The molecule has 1 amide bonds. The number of methoxy groups -OCH3 is 1. The van der Waals surface area contributed by atoms with Crippen LogP contribution in [-0.2, 0) is 5.41 Å². The molecule has 218 valence electrons. The van der Waals surface area contributed by atoms with Gasteiger partial charge in [0.1, 0.15) is 12.3 Å². The smallest absolute Gasteiger partial charge is 0.274 e. The minimum Gasteiger partial charge on any atom is -0.493 e. The van der Waals surface area contributed by atoms with Crippen molar-refractivity contribution in [3.8, 4) is 11.5 Å². The molecule has 0 radical (unpaired) electrons. The first-order valence-corrected chi connectivity index (χ1v) is 15.3. The van der Waals surface area contributed by atoms with Crippen LogP contribution >= 0.6 is 0 Å². The van der Waals surface area contributed by atoms with E-state index in [1.54, 1.807) is 13.2 Å². The molecule has 2 atom stereocenters. The van der Waals surface area contributed by atoms with Crippen molar-refractivity contribution in [1.29, 1.82) is 0 Å². The fraction of sp³-hybridized carbons (Fsp3) is 0.471. The number of amides is 1. The Morgan fingerprint density at radius 2 is 1.88 bits per heavy atom. The normalized spacial score (nSPS) is 26.2. The second-order valence-electron chi connectivity index (χ2n) is 13.2. The number of aromatic nitrogens is 1. The Bertz CT molecular complexity index is 1630. The van der Waals surface area contributed by atoms with Crippen LogP contribution in [-0.4, -0.2) is 91.4 Å². The van der Waals surface area contributed by atoms with E-state index >= 15 is 0 Å². The number of benzene rings is 2. The molecule has 4 fully saturated rings. The maximum Gasteiger partial charge on any atom is 0.274 e. The number of hydrogen-bond donors (Lipinski definition) is 1. The fourth-order valence-corrected chi connectivity index (χ4v) is 8.35. The maximum absolute atomic E-state index is 13.8. The van der Waals surface area contributed by atoms with Crippen LogP contribution in [0.2, 0.25) is 0 Å². The third kappa shape index (κ3) is 3.95. The second-order valence-corrected chi connectivity index (χ2v) is 13.2. The van der Waals surface area contributed by atoms with Gasteiger partial charge in [-0.1, -0.05) is 24.3 Å². The minimum absolute atomic E-state index is 0.0186. The van der Waals surface area contributed by atoms with Crippen molar-refractivity contribution in [3.05, 3.63) is 71.1 Å². The number of H-pyrrole nitrogens is 1. The molecule has 2 spiro atoms. The highest BCUT2D eigenvalue weighted by atomic mass is 16.5. The van der Waals surface area contributed by atoms with Gasteiger partial charge in [-0.25, -0.2) is 0 Å². The molecular weight excluding hydrogens is 528 g/mol. The largest absolute Gasteiger partial charge is 0.493 e. The summed E-state index contributed by atoms with van der Waals surface area (Å²) in [6, 6.07) is 13.6. The van der Waals surface area contributed by atoms with Crippen molar-refractivity contribution < 1.29 is 19.1 Å². The van der Waals surface area contributed by atoms with Gasteiger partial charge in [0.15, 0.2) is 17.3 Å². The van der Waals surface area contributed by atoms with Gasteiger partial charge in [-0.2, -0.15) is 0 Å². The highest BCUT2D eigenvalue weighted by molar-refractivity contribution is 6.10. The van der Waals surface area contributed by atoms with Gasteiger partial charge >= 0.3 is 0 Å². The Morgan fingerprint density at radius 3 is 2.67 bits per heavy atom. The molecule has 2 aliphatic carbocycles. The first kappa shape index (κ1) is 26.0. The van der Waals surface area contributed by atoms with Crippen molar-refractivity contribution >= 4 is 22.6 Å². The monoisotopic (exact) mass is 566 g/mol. The lowest BCUT2D eigenvalue weighted by Gasteiger charge is -2.39. The first-order chi connectivity index (χ1) is 20.4. The zero-order valence-electron chi connectivity index (χ0n) is 24.4. The SMILES string of the molecule is COc1cc2[nH]c(C(=O)N3C[C@H]4CC45C3=CC(=O)c3ccccc35)cc2cc1OCCN1CCC2(CCN(C)C2)CC1. The molecule has 42 heavy (non-hydrogen) atoms. The number of nitrogens with zero attached hydrogens (tertiary/aromatic N) is 3. The fourth-order valence-electron chi connectivity index (χ4n) is 8.35. The minimum atomic E-state index is -0.196. The number of ketones is 1. The van der Waals surface area contributed by atoms with Gasteiger partial charge < -0.3 is 24.3 Å². The average Bonchev–Trinajstić information content (AvgIpc) is 3.24. The summed E-state index contributed by atoms with van der Waals surface area (Å²) in [7, 11) is 3.88. The third-order valence-corrected chi connectivity index (χ3v) is 10.8. The van der Waals surface area contributed by atoms with Gasteiger partial charge in [0.2, 0.25) is 0 Å². The molecule has 8 heteroatoms. The summed E-state index contributed by atoms with van der Waals surface area (Å²) in [5.41, 5.74) is 4.35. The van der Waals surface area contributed by atoms with Gasteiger partial charge in [-0.15, -0.1) is 0 Å². The van der Waals surface area contributed by atoms with Crippen molar-refractivity contribution in [2.24, 2.45) is 11.3 Å². The number of carbonyl (C=O) groups excluding carboxylic acids is 2. The highest BCUT2D eigenvalue weighted by Crippen LogP contribution is 2.66. The molecule has 3 saturated heterocycles. The Balaban J connectivity index is 0.967. The Hall–Kier alpha value is -3.62. The Labute approximate surface area is 246 Å². The van der Waals surface area contributed by atoms with Crippen molar-refractivity contribution in [1.82, 2.24) is 19.7 Å². The molecule has 4 heterocycles. The predicted octanol–water partition coefficient (Wildman–Crippen LogP) is 4.47. The molecule has 1 N–H and O–H groups in total. The van der Waals surface area contributed by atoms with E-state index in [0.29, 0.717) is 41.7 Å². The molecule has 8 rings (SSSR count). The van der Waals surface area contributed by atoms with Gasteiger partial charge in [-0.3, -0.25) is 14.5 Å². The van der Waals surface area contributed by atoms with Crippen molar-refractivity contribution in [2.45, 2.75) is 31.1 Å². The summed E-state index contributed by atoms with van der Waals surface area (Å²) in [5, 5.41) is 0.900. The van der Waals surface area contributed by atoms with Crippen LogP contribution in [0.15, 0.2) is 54.2 Å². The number of allylic oxidation sites excluding steroid dienone is 2. The Morgan fingerprint density at radius 1 is 1.07 bits per heavy atom. The standard InChI is InChI=1S/C34H38N4O4/c1-36-10-7-33(21-36)8-11-37(12-9-33)13-14-42-30-16-22-15-27(35-26(22)17-29(30)41-2)32(40)38-20-23-19-34(23)25-6-4-3-5-24(25)28(39)18-31(34)38/h3-6,15-18,23,35H,7-14,19-21H2,1-2H3/t23-,34?/m1/s1. The van der Waals surface area contributed by atoms with E-state index in [2.05, 4.69) is 27.9 Å². The highest BCUT2D eigenvalue weighted by Gasteiger charge is 2.67. The molecule has 8 nitrogen and oxygen atoms in total. The molecule has 5 aliphatic rings. The second kappa shape index (κ2) is 9.44. The van der Waals surface area contributed by atoms with Gasteiger partial charge in [0.25, 0.3) is 5.91 Å². The lowest BCUT2D eigenvalue weighted by molar-refractivity contribution is 0.0806. The zero-order valence-corrected chi connectivity index (χ0v) is 24.4. The molecule has 2 aromatic carbocycles. The molecule has 3 aliphatic heterocycles. The molecule has 3 aromatic rings. The number of rotatable bonds is 6. The van der Waals surface area contributed by atoms with E-state index in [0.717, 1.165) is 53.8 Å². The van der Waals surface area contributed by atoms with Crippen LogP contribution in [0.1, 0.15) is 52.1 Å². The van der Waals surface area contributed by atoms with Crippen LogP contribution in [0, 0.1) is 11.3 Å². The summed E-state index contributed by atoms with van der Waals surface area (Å²) in [4.78, 5) is 36.9. The number of carbonyl (C=O) groups is 2. The topological polar surface area (TPSA) is 78.1 Å². The molecule has 1 unspecified atom stereocenters. The molecular formula is C34H38N4O4. The van der Waals surface area contributed by atoms with Crippen LogP contribution in [0.3, 0.4) is 0 Å². The summed E-state index contributed by atoms with van der Waals surface area (Å²) in [6.45, 7) is 6.83. The van der Waals surface area contributed by atoms with Crippen LogP contribution < -0.4 is 9.47 Å². The number of piperidine rings is 2. The van der Waals surface area contributed by atoms with E-state index in [1.807, 2.05) is 41.3 Å². The van der Waals surface area contributed by atoms with E-state index in [1.165, 1.54) is 32.4 Å². The molecule has 1 aromatic heterocycles. The average molecular weight is 567 g/mol. The summed E-state index contributed by atoms with van der Waals surface area (Å²) < 4.78 is 11.9. The molecule has 0 bridgehead atoms. The predicted molar refractivity (Wildman–Crippen MR) is 160 cm³/mol. The third-order valence-electron chi connectivity index (χ3n) is 10.8. The van der Waals surface area contributed by atoms with E-state index in [-0.39, 0.29) is 17.1 Å². The Kier molecular flexibility index (Phi) is 5.86. The maximum atomic E-state index is 13.8. The summed E-state index contributed by atoms with van der Waals surface area (Å²) in [5.74, 6) is 1.57. The first-order valence-electron chi connectivity index (χ1n) is 15.3.